The molecule has 2 aromatic rings. The molecule has 1 N–H and O–H groups in total. The summed E-state index contributed by atoms with van der Waals surface area (Å²) in [6, 6.07) is 4.97. The van der Waals surface area contributed by atoms with Crippen molar-refractivity contribution < 1.29 is 8.81 Å². The van der Waals surface area contributed by atoms with Gasteiger partial charge in [0.05, 0.1) is 6.26 Å². The van der Waals surface area contributed by atoms with Crippen LogP contribution < -0.4 is 5.32 Å². The first-order valence-electron chi connectivity index (χ1n) is 6.07. The first kappa shape index (κ1) is 10.8. The normalized spacial score (nSPS) is 25.3. The number of fused-ring (bicyclic) bond motifs is 1. The van der Waals surface area contributed by atoms with E-state index in [1.54, 1.807) is 12.3 Å². The molecular weight excluding hydrogens is 217 g/mol. The Labute approximate surface area is 99.8 Å². The second-order valence-electron chi connectivity index (χ2n) is 5.13. The average molecular weight is 233 g/mol. The van der Waals surface area contributed by atoms with E-state index in [2.05, 4.69) is 12.2 Å². The first-order chi connectivity index (χ1) is 8.19. The zero-order valence-electron chi connectivity index (χ0n) is 9.92. The van der Waals surface area contributed by atoms with E-state index in [1.165, 1.54) is 6.07 Å². The van der Waals surface area contributed by atoms with Gasteiger partial charge in [-0.15, -0.1) is 0 Å². The van der Waals surface area contributed by atoms with Crippen LogP contribution in [0.1, 0.15) is 25.3 Å². The third kappa shape index (κ3) is 1.75. The Hall–Kier alpha value is -1.35. The number of hydrogen-bond acceptors (Lipinski definition) is 2. The molecule has 3 heteroatoms. The number of benzene rings is 1. The first-order valence-corrected chi connectivity index (χ1v) is 6.07. The van der Waals surface area contributed by atoms with Crippen molar-refractivity contribution in [2.75, 3.05) is 13.1 Å². The van der Waals surface area contributed by atoms with Crippen molar-refractivity contribution in [1.29, 1.82) is 0 Å². The van der Waals surface area contributed by atoms with E-state index in [0.29, 0.717) is 0 Å². The maximum atomic E-state index is 13.6. The molecule has 90 valence electrons. The lowest BCUT2D eigenvalue weighted by Crippen LogP contribution is -2.41. The van der Waals surface area contributed by atoms with E-state index in [-0.39, 0.29) is 11.2 Å². The van der Waals surface area contributed by atoms with Crippen LogP contribution in [0.25, 0.3) is 11.0 Å². The molecule has 0 amide bonds. The van der Waals surface area contributed by atoms with E-state index >= 15 is 0 Å². The van der Waals surface area contributed by atoms with E-state index in [0.717, 1.165) is 42.5 Å². The van der Waals surface area contributed by atoms with Crippen LogP contribution in [0, 0.1) is 5.82 Å². The van der Waals surface area contributed by atoms with Gasteiger partial charge in [-0.25, -0.2) is 4.39 Å². The molecule has 1 aromatic heterocycles. The molecule has 0 bridgehead atoms. The summed E-state index contributed by atoms with van der Waals surface area (Å²) in [5, 5.41) is 4.24. The van der Waals surface area contributed by atoms with Gasteiger partial charge in [0.15, 0.2) is 0 Å². The number of halogens is 1. The highest BCUT2D eigenvalue weighted by Crippen LogP contribution is 2.36. The third-order valence-electron chi connectivity index (χ3n) is 3.76. The summed E-state index contributed by atoms with van der Waals surface area (Å²) in [5.41, 5.74) is 1.79. The molecular formula is C14H16FNO. The van der Waals surface area contributed by atoms with Gasteiger partial charge in [-0.1, -0.05) is 6.92 Å². The van der Waals surface area contributed by atoms with Gasteiger partial charge in [0.2, 0.25) is 0 Å². The highest BCUT2D eigenvalue weighted by molar-refractivity contribution is 5.81. The van der Waals surface area contributed by atoms with Gasteiger partial charge >= 0.3 is 0 Å². The minimum Gasteiger partial charge on any atom is -0.464 e. The predicted octanol–water partition coefficient (Wildman–Crippen LogP) is 3.21. The van der Waals surface area contributed by atoms with Crippen LogP contribution in [0.15, 0.2) is 28.9 Å². The Balaban J connectivity index is 2.18. The van der Waals surface area contributed by atoms with Gasteiger partial charge in [-0.05, 0) is 37.6 Å². The lowest BCUT2D eigenvalue weighted by molar-refractivity contribution is 0.337. The SMILES string of the molecule is CC1(c2cc(F)cc3ccoc23)CCCNC1. The van der Waals surface area contributed by atoms with Crippen LogP contribution in [0.3, 0.4) is 0 Å². The van der Waals surface area contributed by atoms with E-state index in [1.807, 2.05) is 6.07 Å². The average Bonchev–Trinajstić information content (AvgIpc) is 2.76. The molecule has 0 radical (unpaired) electrons. The van der Waals surface area contributed by atoms with Gasteiger partial charge in [-0.3, -0.25) is 0 Å². The molecule has 1 aliphatic heterocycles. The number of nitrogens with one attached hydrogen (secondary N) is 1. The van der Waals surface area contributed by atoms with Crippen LogP contribution in [-0.4, -0.2) is 13.1 Å². The molecule has 1 fully saturated rings. The van der Waals surface area contributed by atoms with Crippen LogP contribution >= 0.6 is 0 Å². The number of piperidine rings is 1. The second-order valence-corrected chi connectivity index (χ2v) is 5.13. The maximum absolute atomic E-state index is 13.6. The van der Waals surface area contributed by atoms with Crippen LogP contribution in [-0.2, 0) is 5.41 Å². The lowest BCUT2D eigenvalue weighted by atomic mass is 9.76. The van der Waals surface area contributed by atoms with E-state index in [9.17, 15) is 4.39 Å². The number of rotatable bonds is 1. The number of furan rings is 1. The Morgan fingerprint density at radius 1 is 1.41 bits per heavy atom. The van der Waals surface area contributed by atoms with Crippen LogP contribution in [0.4, 0.5) is 4.39 Å². The molecule has 17 heavy (non-hydrogen) atoms. The lowest BCUT2D eigenvalue weighted by Gasteiger charge is -2.34. The smallest absolute Gasteiger partial charge is 0.137 e. The molecule has 0 saturated carbocycles. The van der Waals surface area contributed by atoms with Crippen molar-refractivity contribution in [2.45, 2.75) is 25.2 Å². The summed E-state index contributed by atoms with van der Waals surface area (Å²) in [6.45, 7) is 4.11. The van der Waals surface area contributed by atoms with Crippen molar-refractivity contribution in [1.82, 2.24) is 5.32 Å². The largest absolute Gasteiger partial charge is 0.464 e. The quantitative estimate of drug-likeness (QED) is 0.818. The maximum Gasteiger partial charge on any atom is 0.137 e. The minimum absolute atomic E-state index is 0.0313. The zero-order valence-corrected chi connectivity index (χ0v) is 9.92. The van der Waals surface area contributed by atoms with Crippen molar-refractivity contribution in [3.8, 4) is 0 Å². The fourth-order valence-electron chi connectivity index (χ4n) is 2.78. The molecule has 1 atom stereocenters. The van der Waals surface area contributed by atoms with Crippen molar-refractivity contribution >= 4 is 11.0 Å². The highest BCUT2D eigenvalue weighted by Gasteiger charge is 2.31. The number of hydrogen-bond donors (Lipinski definition) is 1. The summed E-state index contributed by atoms with van der Waals surface area (Å²) >= 11 is 0. The monoisotopic (exact) mass is 233 g/mol. The van der Waals surface area contributed by atoms with Gasteiger partial charge in [0.25, 0.3) is 0 Å². The zero-order chi connectivity index (χ0) is 11.9. The third-order valence-corrected chi connectivity index (χ3v) is 3.76. The second kappa shape index (κ2) is 3.84. The van der Waals surface area contributed by atoms with Crippen LogP contribution in [0.2, 0.25) is 0 Å². The topological polar surface area (TPSA) is 25.2 Å². The standard InChI is InChI=1S/C14H16FNO/c1-14(4-2-5-16-9-14)12-8-11(15)7-10-3-6-17-13(10)12/h3,6-8,16H,2,4-5,9H2,1H3. The summed E-state index contributed by atoms with van der Waals surface area (Å²) < 4.78 is 19.2. The van der Waals surface area contributed by atoms with Crippen LogP contribution in [0.5, 0.6) is 0 Å². The van der Waals surface area contributed by atoms with Crippen molar-refractivity contribution in [3.63, 3.8) is 0 Å². The molecule has 2 nitrogen and oxygen atoms in total. The van der Waals surface area contributed by atoms with Crippen molar-refractivity contribution in [3.05, 3.63) is 35.8 Å². The fourth-order valence-corrected chi connectivity index (χ4v) is 2.78. The summed E-state index contributed by atoms with van der Waals surface area (Å²) in [5.74, 6) is -0.180. The molecule has 2 heterocycles. The summed E-state index contributed by atoms with van der Waals surface area (Å²) in [4.78, 5) is 0. The van der Waals surface area contributed by atoms with Gasteiger partial charge in [0, 0.05) is 22.9 Å². The fraction of sp³-hybridized carbons (Fsp3) is 0.429. The van der Waals surface area contributed by atoms with Gasteiger partial charge in [-0.2, -0.15) is 0 Å². The van der Waals surface area contributed by atoms with E-state index < -0.39 is 0 Å². The molecule has 3 rings (SSSR count). The molecule has 1 aromatic carbocycles. The Morgan fingerprint density at radius 2 is 2.29 bits per heavy atom. The molecule has 0 spiro atoms. The highest BCUT2D eigenvalue weighted by atomic mass is 19.1. The Kier molecular flexibility index (Phi) is 2.44. The minimum atomic E-state index is -0.180. The summed E-state index contributed by atoms with van der Waals surface area (Å²) in [7, 11) is 0. The summed E-state index contributed by atoms with van der Waals surface area (Å²) in [6.07, 6.45) is 3.82. The molecule has 1 unspecified atom stereocenters. The Bertz CT molecular complexity index is 540. The van der Waals surface area contributed by atoms with E-state index in [4.69, 9.17) is 4.42 Å². The molecule has 1 saturated heterocycles. The predicted molar refractivity (Wildman–Crippen MR) is 65.6 cm³/mol. The molecule has 0 aliphatic carbocycles. The molecule has 1 aliphatic rings. The van der Waals surface area contributed by atoms with Crippen molar-refractivity contribution in [2.24, 2.45) is 0 Å². The van der Waals surface area contributed by atoms with Gasteiger partial charge in [0.1, 0.15) is 11.4 Å². The Morgan fingerprint density at radius 3 is 3.06 bits per heavy atom. The van der Waals surface area contributed by atoms with Gasteiger partial charge < -0.3 is 9.73 Å².